The Kier molecular flexibility index (Phi) is 4.71. The highest BCUT2D eigenvalue weighted by Gasteiger charge is 2.31. The molecule has 0 spiro atoms. The lowest BCUT2D eigenvalue weighted by atomic mass is 9.74. The third kappa shape index (κ3) is 3.64. The molecule has 1 aromatic heterocycles. The molecule has 1 amide bonds. The molecule has 1 aliphatic rings. The fourth-order valence-electron chi connectivity index (χ4n) is 2.50. The number of carbonyl (C=O) groups excluding carboxylic acids is 1. The predicted octanol–water partition coefficient (Wildman–Crippen LogP) is 1.80. The average molecular weight is 284 g/mol. The van der Waals surface area contributed by atoms with E-state index < -0.39 is 0 Å². The van der Waals surface area contributed by atoms with Crippen molar-refractivity contribution in [3.8, 4) is 0 Å². The van der Waals surface area contributed by atoms with Crippen LogP contribution in [0.15, 0.2) is 12.4 Å². The van der Waals surface area contributed by atoms with E-state index in [1.165, 1.54) is 18.8 Å². The topological polar surface area (TPSA) is 75.1 Å². The average Bonchev–Trinajstić information content (AvgIpc) is 2.46. The van der Waals surface area contributed by atoms with Crippen LogP contribution in [0.4, 0.5) is 0 Å². The van der Waals surface area contributed by atoms with Crippen molar-refractivity contribution >= 4 is 17.5 Å². The number of hydrogen-bond donors (Lipinski definition) is 2. The van der Waals surface area contributed by atoms with E-state index in [0.29, 0.717) is 6.54 Å². The van der Waals surface area contributed by atoms with Crippen LogP contribution in [0.2, 0.25) is 5.15 Å². The lowest BCUT2D eigenvalue weighted by Gasteiger charge is -2.35. The van der Waals surface area contributed by atoms with Crippen LogP contribution >= 0.6 is 11.6 Å². The third-order valence-electron chi connectivity index (χ3n) is 3.71. The molecule has 0 radical (unpaired) electrons. The zero-order chi connectivity index (χ0) is 13.7. The number of hydrogen-bond acceptors (Lipinski definition) is 4. The Labute approximate surface area is 117 Å². The maximum Gasteiger partial charge on any atom is 0.271 e. The second kappa shape index (κ2) is 6.30. The van der Waals surface area contributed by atoms with Gasteiger partial charge in [-0.3, -0.25) is 9.78 Å². The van der Waals surface area contributed by atoms with Gasteiger partial charge in [0.1, 0.15) is 10.8 Å². The molecule has 0 saturated heterocycles. The number of aliphatic hydroxyl groups excluding tert-OH is 1. The van der Waals surface area contributed by atoms with E-state index in [2.05, 4.69) is 15.3 Å². The molecule has 2 rings (SSSR count). The summed E-state index contributed by atoms with van der Waals surface area (Å²) in [6.45, 7) is 0.574. The number of aromatic nitrogens is 2. The lowest BCUT2D eigenvalue weighted by Crippen LogP contribution is -2.41. The van der Waals surface area contributed by atoms with Crippen LogP contribution in [-0.2, 0) is 0 Å². The zero-order valence-electron chi connectivity index (χ0n) is 10.7. The summed E-state index contributed by atoms with van der Waals surface area (Å²) in [6, 6.07) is 0. The van der Waals surface area contributed by atoms with E-state index in [1.807, 2.05) is 0 Å². The lowest BCUT2D eigenvalue weighted by molar-refractivity contribution is 0.0715. The van der Waals surface area contributed by atoms with E-state index in [0.717, 1.165) is 25.7 Å². The van der Waals surface area contributed by atoms with E-state index in [-0.39, 0.29) is 28.8 Å². The number of nitrogens with one attached hydrogen (secondary N) is 1. The van der Waals surface area contributed by atoms with E-state index in [9.17, 15) is 9.90 Å². The quantitative estimate of drug-likeness (QED) is 0.884. The Morgan fingerprint density at radius 3 is 2.74 bits per heavy atom. The Balaban J connectivity index is 1.95. The van der Waals surface area contributed by atoms with Crippen LogP contribution in [-0.4, -0.2) is 34.1 Å². The molecule has 0 aliphatic heterocycles. The number of rotatable bonds is 4. The normalized spacial score (nSPS) is 18.0. The maximum absolute atomic E-state index is 11.9. The smallest absolute Gasteiger partial charge is 0.271 e. The number of amides is 1. The van der Waals surface area contributed by atoms with Gasteiger partial charge in [-0.05, 0) is 12.8 Å². The van der Waals surface area contributed by atoms with Crippen molar-refractivity contribution in [3.05, 3.63) is 23.2 Å². The van der Waals surface area contributed by atoms with Gasteiger partial charge in [-0.25, -0.2) is 4.98 Å². The van der Waals surface area contributed by atoms with Crippen molar-refractivity contribution in [3.63, 3.8) is 0 Å². The van der Waals surface area contributed by atoms with Crippen molar-refractivity contribution in [2.45, 2.75) is 32.1 Å². The minimum atomic E-state index is -0.298. The summed E-state index contributed by atoms with van der Waals surface area (Å²) in [5.74, 6) is -0.298. The summed E-state index contributed by atoms with van der Waals surface area (Å²) in [5, 5.41) is 12.6. The summed E-state index contributed by atoms with van der Waals surface area (Å²) in [5.41, 5.74) is 0.0244. The van der Waals surface area contributed by atoms with Gasteiger partial charge in [-0.1, -0.05) is 30.9 Å². The monoisotopic (exact) mass is 283 g/mol. The van der Waals surface area contributed by atoms with Gasteiger partial charge >= 0.3 is 0 Å². The van der Waals surface area contributed by atoms with Crippen LogP contribution < -0.4 is 5.32 Å². The largest absolute Gasteiger partial charge is 0.396 e. The molecule has 5 nitrogen and oxygen atoms in total. The van der Waals surface area contributed by atoms with Gasteiger partial charge in [0.2, 0.25) is 0 Å². The van der Waals surface area contributed by atoms with Gasteiger partial charge in [-0.15, -0.1) is 0 Å². The molecule has 0 unspecified atom stereocenters. The van der Waals surface area contributed by atoms with Gasteiger partial charge in [0.05, 0.1) is 19.0 Å². The minimum absolute atomic E-state index is 0.106. The molecule has 19 heavy (non-hydrogen) atoms. The Bertz CT molecular complexity index is 447. The Hall–Kier alpha value is -1.20. The number of nitrogens with zero attached hydrogens (tertiary/aromatic N) is 2. The second-order valence-electron chi connectivity index (χ2n) is 5.13. The first-order chi connectivity index (χ1) is 9.15. The van der Waals surface area contributed by atoms with Gasteiger partial charge < -0.3 is 10.4 Å². The van der Waals surface area contributed by atoms with Crippen molar-refractivity contribution in [1.29, 1.82) is 0 Å². The van der Waals surface area contributed by atoms with Crippen LogP contribution in [0.5, 0.6) is 0 Å². The zero-order valence-corrected chi connectivity index (χ0v) is 11.5. The van der Waals surface area contributed by atoms with Gasteiger partial charge in [0, 0.05) is 12.0 Å². The van der Waals surface area contributed by atoms with E-state index in [1.54, 1.807) is 0 Å². The molecule has 0 atom stereocenters. The molecule has 0 aromatic carbocycles. The maximum atomic E-state index is 11.9. The minimum Gasteiger partial charge on any atom is -0.396 e. The van der Waals surface area contributed by atoms with Gasteiger partial charge in [-0.2, -0.15) is 0 Å². The highest BCUT2D eigenvalue weighted by molar-refractivity contribution is 6.29. The molecule has 2 N–H and O–H groups in total. The standard InChI is InChI=1S/C13H18ClN3O2/c14-11-7-15-6-10(17-11)12(19)16-8-13(9-18)4-2-1-3-5-13/h6-7,18H,1-5,8-9H2,(H,16,19). The fraction of sp³-hybridized carbons (Fsp3) is 0.615. The first-order valence-corrected chi connectivity index (χ1v) is 6.90. The van der Waals surface area contributed by atoms with Gasteiger partial charge in [0.25, 0.3) is 5.91 Å². The van der Waals surface area contributed by atoms with Crippen LogP contribution in [0.1, 0.15) is 42.6 Å². The Morgan fingerprint density at radius 2 is 2.11 bits per heavy atom. The van der Waals surface area contributed by atoms with Crippen LogP contribution in [0, 0.1) is 5.41 Å². The molecule has 1 aliphatic carbocycles. The van der Waals surface area contributed by atoms with Crippen LogP contribution in [0.25, 0.3) is 0 Å². The van der Waals surface area contributed by atoms with Gasteiger partial charge in [0.15, 0.2) is 0 Å². The predicted molar refractivity (Wildman–Crippen MR) is 72.0 cm³/mol. The summed E-state index contributed by atoms with van der Waals surface area (Å²) in [4.78, 5) is 19.7. The molecule has 1 saturated carbocycles. The number of carbonyl (C=O) groups is 1. The number of aliphatic hydroxyl groups is 1. The van der Waals surface area contributed by atoms with Crippen molar-refractivity contribution < 1.29 is 9.90 Å². The first kappa shape index (κ1) is 14.2. The van der Waals surface area contributed by atoms with Crippen LogP contribution in [0.3, 0.4) is 0 Å². The highest BCUT2D eigenvalue weighted by Crippen LogP contribution is 2.35. The fourth-order valence-corrected chi connectivity index (χ4v) is 2.65. The van der Waals surface area contributed by atoms with E-state index in [4.69, 9.17) is 11.6 Å². The highest BCUT2D eigenvalue weighted by atomic mass is 35.5. The van der Waals surface area contributed by atoms with Crippen molar-refractivity contribution in [1.82, 2.24) is 15.3 Å². The van der Waals surface area contributed by atoms with Crippen molar-refractivity contribution in [2.75, 3.05) is 13.2 Å². The molecular formula is C13H18ClN3O2. The summed E-state index contributed by atoms with van der Waals surface area (Å²) in [6.07, 6.45) is 8.08. The second-order valence-corrected chi connectivity index (χ2v) is 5.52. The summed E-state index contributed by atoms with van der Waals surface area (Å²) in [7, 11) is 0. The SMILES string of the molecule is O=C(NCC1(CO)CCCCC1)c1cncc(Cl)n1. The molecule has 1 aromatic rings. The molecule has 1 fully saturated rings. The molecular weight excluding hydrogens is 266 g/mol. The number of halogens is 1. The summed E-state index contributed by atoms with van der Waals surface area (Å²) < 4.78 is 0. The third-order valence-corrected chi connectivity index (χ3v) is 3.89. The molecule has 104 valence electrons. The van der Waals surface area contributed by atoms with E-state index >= 15 is 0 Å². The molecule has 6 heteroatoms. The summed E-state index contributed by atoms with van der Waals surface area (Å²) >= 11 is 5.70. The molecule has 0 bridgehead atoms. The molecule has 1 heterocycles. The van der Waals surface area contributed by atoms with Crippen molar-refractivity contribution in [2.24, 2.45) is 5.41 Å². The Morgan fingerprint density at radius 1 is 1.37 bits per heavy atom. The first-order valence-electron chi connectivity index (χ1n) is 6.52.